The molecule has 0 spiro atoms. The lowest BCUT2D eigenvalue weighted by molar-refractivity contribution is 0.360. The van der Waals surface area contributed by atoms with Crippen molar-refractivity contribution in [2.75, 3.05) is 18.0 Å². The first kappa shape index (κ1) is 13.4. The monoisotopic (exact) mass is 246 g/mol. The highest BCUT2D eigenvalue weighted by molar-refractivity contribution is 5.57. The summed E-state index contributed by atoms with van der Waals surface area (Å²) in [6.07, 6.45) is 3.53. The van der Waals surface area contributed by atoms with Crippen molar-refractivity contribution in [1.29, 1.82) is 0 Å². The fourth-order valence-electron chi connectivity index (χ4n) is 3.19. The number of rotatable bonds is 4. The Hall–Kier alpha value is -1.02. The fourth-order valence-corrected chi connectivity index (χ4v) is 3.19. The number of para-hydroxylation sites is 1. The Labute approximate surface area is 111 Å². The lowest BCUT2D eigenvalue weighted by Crippen LogP contribution is -2.55. The minimum Gasteiger partial charge on any atom is -0.364 e. The first-order valence-corrected chi connectivity index (χ1v) is 7.16. The van der Waals surface area contributed by atoms with Crippen molar-refractivity contribution >= 4 is 5.69 Å². The van der Waals surface area contributed by atoms with Crippen LogP contribution in [0.25, 0.3) is 0 Å². The van der Waals surface area contributed by atoms with Gasteiger partial charge < -0.3 is 10.6 Å². The van der Waals surface area contributed by atoms with Gasteiger partial charge in [0, 0.05) is 24.3 Å². The van der Waals surface area contributed by atoms with E-state index in [1.54, 1.807) is 0 Å². The van der Waals surface area contributed by atoms with E-state index in [9.17, 15) is 0 Å². The average Bonchev–Trinajstić information content (AvgIpc) is 2.38. The van der Waals surface area contributed by atoms with E-state index in [2.05, 4.69) is 49.9 Å². The molecule has 1 aromatic rings. The number of fused-ring (bicyclic) bond motifs is 1. The van der Waals surface area contributed by atoms with Crippen LogP contribution in [0, 0.1) is 5.92 Å². The van der Waals surface area contributed by atoms with Crippen LogP contribution in [0.15, 0.2) is 24.3 Å². The summed E-state index contributed by atoms with van der Waals surface area (Å²) in [5.74, 6) is 0.711. The minimum atomic E-state index is 0.0968. The minimum absolute atomic E-state index is 0.0968. The standard InChI is InChI=1S/C16H26N2/c1-4-9-16(3,12-17)18-11-13(2)10-14-7-5-6-8-15(14)18/h5-8,13H,4,9-12,17H2,1-3H3. The first-order chi connectivity index (χ1) is 8.60. The molecule has 2 rings (SSSR count). The van der Waals surface area contributed by atoms with Crippen molar-refractivity contribution < 1.29 is 0 Å². The van der Waals surface area contributed by atoms with Gasteiger partial charge in [-0.15, -0.1) is 0 Å². The summed E-state index contributed by atoms with van der Waals surface area (Å²) >= 11 is 0. The highest BCUT2D eigenvalue weighted by atomic mass is 15.2. The van der Waals surface area contributed by atoms with Gasteiger partial charge in [0.15, 0.2) is 0 Å². The number of benzene rings is 1. The number of anilines is 1. The van der Waals surface area contributed by atoms with Gasteiger partial charge in [0.25, 0.3) is 0 Å². The molecule has 1 heterocycles. The van der Waals surface area contributed by atoms with Gasteiger partial charge in [0.05, 0.1) is 0 Å². The second-order valence-corrected chi connectivity index (χ2v) is 6.00. The van der Waals surface area contributed by atoms with E-state index >= 15 is 0 Å². The molecule has 0 saturated heterocycles. The Bertz CT molecular complexity index is 402. The van der Waals surface area contributed by atoms with Gasteiger partial charge in [-0.3, -0.25) is 0 Å². The SMILES string of the molecule is CCCC(C)(CN)N1CC(C)Cc2ccccc21. The second kappa shape index (κ2) is 5.31. The van der Waals surface area contributed by atoms with Crippen LogP contribution in [0.3, 0.4) is 0 Å². The molecule has 2 nitrogen and oxygen atoms in total. The van der Waals surface area contributed by atoms with Crippen LogP contribution in [-0.4, -0.2) is 18.6 Å². The molecule has 1 aromatic carbocycles. The van der Waals surface area contributed by atoms with E-state index < -0.39 is 0 Å². The van der Waals surface area contributed by atoms with Crippen LogP contribution < -0.4 is 10.6 Å². The lowest BCUT2D eigenvalue weighted by Gasteiger charge is -2.47. The van der Waals surface area contributed by atoms with Crippen molar-refractivity contribution in [2.45, 2.75) is 45.6 Å². The van der Waals surface area contributed by atoms with E-state index in [0.717, 1.165) is 19.5 Å². The van der Waals surface area contributed by atoms with Crippen LogP contribution in [0.5, 0.6) is 0 Å². The molecule has 2 atom stereocenters. The van der Waals surface area contributed by atoms with Gasteiger partial charge >= 0.3 is 0 Å². The Morgan fingerprint density at radius 3 is 2.78 bits per heavy atom. The third-order valence-electron chi connectivity index (χ3n) is 4.23. The van der Waals surface area contributed by atoms with Crippen molar-refractivity contribution in [3.8, 4) is 0 Å². The van der Waals surface area contributed by atoms with E-state index in [1.165, 1.54) is 24.1 Å². The summed E-state index contributed by atoms with van der Waals surface area (Å²) in [4.78, 5) is 2.56. The van der Waals surface area contributed by atoms with Gasteiger partial charge in [-0.2, -0.15) is 0 Å². The summed E-state index contributed by atoms with van der Waals surface area (Å²) in [6, 6.07) is 8.81. The molecule has 0 aromatic heterocycles. The molecule has 0 bridgehead atoms. The van der Waals surface area contributed by atoms with Crippen LogP contribution in [0.4, 0.5) is 5.69 Å². The van der Waals surface area contributed by atoms with Gasteiger partial charge in [-0.1, -0.05) is 38.5 Å². The van der Waals surface area contributed by atoms with Crippen LogP contribution in [0.1, 0.15) is 39.2 Å². The molecule has 2 N–H and O–H groups in total. The largest absolute Gasteiger partial charge is 0.364 e. The van der Waals surface area contributed by atoms with E-state index in [4.69, 9.17) is 5.73 Å². The van der Waals surface area contributed by atoms with Crippen LogP contribution in [-0.2, 0) is 6.42 Å². The Kier molecular flexibility index (Phi) is 3.96. The van der Waals surface area contributed by atoms with Crippen molar-refractivity contribution in [3.63, 3.8) is 0 Å². The van der Waals surface area contributed by atoms with Crippen LogP contribution >= 0.6 is 0 Å². The molecule has 0 amide bonds. The Balaban J connectivity index is 2.38. The lowest BCUT2D eigenvalue weighted by atomic mass is 9.86. The molecule has 0 radical (unpaired) electrons. The predicted molar refractivity (Wildman–Crippen MR) is 79.0 cm³/mol. The number of hydrogen-bond acceptors (Lipinski definition) is 2. The maximum Gasteiger partial charge on any atom is 0.0496 e. The predicted octanol–water partition coefficient (Wildman–Crippen LogP) is 3.20. The molecule has 0 aliphatic carbocycles. The molecular formula is C16H26N2. The third kappa shape index (κ3) is 2.39. The first-order valence-electron chi connectivity index (χ1n) is 7.16. The molecule has 1 aliphatic rings. The quantitative estimate of drug-likeness (QED) is 0.884. The Morgan fingerprint density at radius 1 is 1.39 bits per heavy atom. The van der Waals surface area contributed by atoms with Gasteiger partial charge in [0.2, 0.25) is 0 Å². The zero-order chi connectivity index (χ0) is 13.2. The number of hydrogen-bond donors (Lipinski definition) is 1. The van der Waals surface area contributed by atoms with Crippen molar-refractivity contribution in [3.05, 3.63) is 29.8 Å². The molecule has 100 valence electrons. The van der Waals surface area contributed by atoms with E-state index in [1.807, 2.05) is 0 Å². The van der Waals surface area contributed by atoms with Crippen molar-refractivity contribution in [1.82, 2.24) is 0 Å². The summed E-state index contributed by atoms with van der Waals surface area (Å²) in [7, 11) is 0. The second-order valence-electron chi connectivity index (χ2n) is 6.00. The highest BCUT2D eigenvalue weighted by Crippen LogP contribution is 2.35. The van der Waals surface area contributed by atoms with Crippen LogP contribution in [0.2, 0.25) is 0 Å². The zero-order valence-corrected chi connectivity index (χ0v) is 11.9. The molecule has 1 aliphatic heterocycles. The molecule has 0 saturated carbocycles. The molecular weight excluding hydrogens is 220 g/mol. The molecule has 2 unspecified atom stereocenters. The van der Waals surface area contributed by atoms with Gasteiger partial charge in [0.1, 0.15) is 0 Å². The summed E-state index contributed by atoms with van der Waals surface area (Å²) in [5.41, 5.74) is 9.06. The highest BCUT2D eigenvalue weighted by Gasteiger charge is 2.34. The van der Waals surface area contributed by atoms with Gasteiger partial charge in [-0.05, 0) is 37.3 Å². The summed E-state index contributed by atoms with van der Waals surface area (Å²) in [6.45, 7) is 8.75. The smallest absolute Gasteiger partial charge is 0.0496 e. The topological polar surface area (TPSA) is 29.3 Å². The molecule has 18 heavy (non-hydrogen) atoms. The van der Waals surface area contributed by atoms with Gasteiger partial charge in [-0.25, -0.2) is 0 Å². The van der Waals surface area contributed by atoms with E-state index in [-0.39, 0.29) is 5.54 Å². The summed E-state index contributed by atoms with van der Waals surface area (Å²) < 4.78 is 0. The summed E-state index contributed by atoms with van der Waals surface area (Å²) in [5, 5.41) is 0. The molecule has 0 fully saturated rings. The van der Waals surface area contributed by atoms with Crippen molar-refractivity contribution in [2.24, 2.45) is 11.7 Å². The zero-order valence-electron chi connectivity index (χ0n) is 11.9. The fraction of sp³-hybridized carbons (Fsp3) is 0.625. The molecule has 2 heteroatoms. The number of nitrogens with zero attached hydrogens (tertiary/aromatic N) is 1. The Morgan fingerprint density at radius 2 is 2.11 bits per heavy atom. The van der Waals surface area contributed by atoms with E-state index in [0.29, 0.717) is 5.92 Å². The normalized spacial score (nSPS) is 22.4. The number of nitrogens with two attached hydrogens (primary N) is 1. The average molecular weight is 246 g/mol. The maximum atomic E-state index is 6.08. The maximum absolute atomic E-state index is 6.08. The third-order valence-corrected chi connectivity index (χ3v) is 4.23.